The number of hydrogen-bond acceptors (Lipinski definition) is 3. The molecule has 2 aliphatic heterocycles. The molecular formula is C12H15N3O2. The molecule has 0 aromatic heterocycles. The average Bonchev–Trinajstić information content (AvgIpc) is 2.79. The van der Waals surface area contributed by atoms with E-state index in [1.54, 1.807) is 4.90 Å². The number of rotatable bonds is 1. The van der Waals surface area contributed by atoms with Gasteiger partial charge in [-0.15, -0.1) is 0 Å². The Hall–Kier alpha value is -1.59. The van der Waals surface area contributed by atoms with E-state index in [4.69, 9.17) is 0 Å². The molecule has 2 aliphatic rings. The topological polar surface area (TPSA) is 64.6 Å². The van der Waals surface area contributed by atoms with Crippen molar-refractivity contribution in [2.45, 2.75) is 19.2 Å². The lowest BCUT2D eigenvalue weighted by Crippen LogP contribution is -2.53. The van der Waals surface area contributed by atoms with Gasteiger partial charge in [0.25, 0.3) is 0 Å². The number of carbonyl (C=O) groups excluding carboxylic acids is 1. The normalized spacial score (nSPS) is 23.5. The van der Waals surface area contributed by atoms with Crippen LogP contribution in [0.5, 0.6) is 0 Å². The summed E-state index contributed by atoms with van der Waals surface area (Å²) in [5.41, 5.74) is 3.37. The maximum absolute atomic E-state index is 11.7. The Morgan fingerprint density at radius 2 is 2.12 bits per heavy atom. The molecule has 0 aliphatic carbocycles. The Labute approximate surface area is 99.4 Å². The molecule has 0 radical (unpaired) electrons. The van der Waals surface area contributed by atoms with Crippen molar-refractivity contribution >= 4 is 11.7 Å². The van der Waals surface area contributed by atoms with E-state index in [1.807, 2.05) is 18.2 Å². The minimum absolute atomic E-state index is 0.138. The van der Waals surface area contributed by atoms with E-state index in [-0.39, 0.29) is 6.03 Å². The fourth-order valence-electron chi connectivity index (χ4n) is 2.33. The van der Waals surface area contributed by atoms with Crippen molar-refractivity contribution in [3.05, 3.63) is 29.3 Å². The highest BCUT2D eigenvalue weighted by atomic mass is 16.3. The fraction of sp³-hybridized carbons (Fsp3) is 0.417. The Morgan fingerprint density at radius 3 is 3.00 bits per heavy atom. The van der Waals surface area contributed by atoms with Gasteiger partial charge in [0.1, 0.15) is 0 Å². The molecule has 0 bridgehead atoms. The molecule has 1 aromatic carbocycles. The first-order chi connectivity index (χ1) is 8.24. The van der Waals surface area contributed by atoms with Crippen molar-refractivity contribution < 1.29 is 9.90 Å². The van der Waals surface area contributed by atoms with E-state index >= 15 is 0 Å². The summed E-state index contributed by atoms with van der Waals surface area (Å²) < 4.78 is 0. The summed E-state index contributed by atoms with van der Waals surface area (Å²) in [6.07, 6.45) is -0.501. The molecule has 2 heterocycles. The van der Waals surface area contributed by atoms with E-state index in [9.17, 15) is 9.90 Å². The molecular weight excluding hydrogens is 218 g/mol. The van der Waals surface area contributed by atoms with E-state index in [2.05, 4.69) is 10.6 Å². The van der Waals surface area contributed by atoms with Crippen molar-refractivity contribution in [3.8, 4) is 0 Å². The number of amides is 2. The molecule has 1 unspecified atom stereocenters. The van der Waals surface area contributed by atoms with Crippen molar-refractivity contribution in [1.29, 1.82) is 0 Å². The molecule has 1 atom stereocenters. The van der Waals surface area contributed by atoms with Crippen molar-refractivity contribution in [2.75, 3.05) is 18.0 Å². The zero-order chi connectivity index (χ0) is 11.8. The quantitative estimate of drug-likeness (QED) is 0.648. The highest BCUT2D eigenvalue weighted by Crippen LogP contribution is 2.24. The number of benzene rings is 1. The van der Waals surface area contributed by atoms with Gasteiger partial charge in [-0.05, 0) is 23.3 Å². The van der Waals surface area contributed by atoms with Gasteiger partial charge in [-0.25, -0.2) is 4.79 Å². The number of aliphatic hydroxyl groups is 1. The van der Waals surface area contributed by atoms with Gasteiger partial charge in [0.2, 0.25) is 0 Å². The standard InChI is InChI=1S/C12H15N3O2/c16-11-6-14-12(17)15(7-11)10-2-1-8-4-13-5-9(8)3-10/h1-3,11,13,16H,4-7H2,(H,14,17). The van der Waals surface area contributed by atoms with E-state index in [1.165, 1.54) is 11.1 Å². The Balaban J connectivity index is 1.90. The molecule has 1 fully saturated rings. The van der Waals surface area contributed by atoms with Crippen LogP contribution in [0.15, 0.2) is 18.2 Å². The zero-order valence-corrected chi connectivity index (χ0v) is 9.44. The molecule has 90 valence electrons. The molecule has 2 amide bonds. The van der Waals surface area contributed by atoms with E-state index < -0.39 is 6.10 Å². The predicted octanol–water partition coefficient (Wildman–Crippen LogP) is 0.180. The van der Waals surface area contributed by atoms with Crippen LogP contribution in [0.2, 0.25) is 0 Å². The van der Waals surface area contributed by atoms with Crippen LogP contribution in [0.1, 0.15) is 11.1 Å². The minimum Gasteiger partial charge on any atom is -0.389 e. The number of fused-ring (bicyclic) bond motifs is 1. The number of anilines is 1. The third-order valence-corrected chi connectivity index (χ3v) is 3.26. The summed E-state index contributed by atoms with van der Waals surface area (Å²) in [7, 11) is 0. The number of nitrogens with one attached hydrogen (secondary N) is 2. The van der Waals surface area contributed by atoms with E-state index in [0.29, 0.717) is 13.1 Å². The summed E-state index contributed by atoms with van der Waals surface area (Å²) in [5, 5.41) is 15.5. The van der Waals surface area contributed by atoms with Crippen molar-refractivity contribution in [3.63, 3.8) is 0 Å². The summed E-state index contributed by atoms with van der Waals surface area (Å²) >= 11 is 0. The maximum atomic E-state index is 11.7. The summed E-state index contributed by atoms with van der Waals surface area (Å²) in [6, 6.07) is 5.86. The number of nitrogens with zero attached hydrogens (tertiary/aromatic N) is 1. The third kappa shape index (κ3) is 1.87. The van der Waals surface area contributed by atoms with Crippen LogP contribution in [0.3, 0.4) is 0 Å². The van der Waals surface area contributed by atoms with Gasteiger partial charge in [-0.3, -0.25) is 4.90 Å². The SMILES string of the molecule is O=C1NCC(O)CN1c1ccc2c(c1)CNC2. The molecule has 3 rings (SSSR count). The van der Waals surface area contributed by atoms with Gasteiger partial charge in [0.05, 0.1) is 12.6 Å². The third-order valence-electron chi connectivity index (χ3n) is 3.26. The van der Waals surface area contributed by atoms with Gasteiger partial charge in [0, 0.05) is 25.3 Å². The van der Waals surface area contributed by atoms with E-state index in [0.717, 1.165) is 18.8 Å². The number of carbonyl (C=O) groups is 1. The summed E-state index contributed by atoms with van der Waals surface area (Å²) in [6.45, 7) is 2.44. The smallest absolute Gasteiger partial charge is 0.322 e. The van der Waals surface area contributed by atoms with Crippen LogP contribution in [0, 0.1) is 0 Å². The van der Waals surface area contributed by atoms with Gasteiger partial charge < -0.3 is 15.7 Å². The largest absolute Gasteiger partial charge is 0.389 e. The van der Waals surface area contributed by atoms with Crippen LogP contribution < -0.4 is 15.5 Å². The van der Waals surface area contributed by atoms with Gasteiger partial charge >= 0.3 is 6.03 Å². The predicted molar refractivity (Wildman–Crippen MR) is 63.7 cm³/mol. The first-order valence-electron chi connectivity index (χ1n) is 5.80. The van der Waals surface area contributed by atoms with Crippen LogP contribution in [0.4, 0.5) is 10.5 Å². The number of aliphatic hydroxyl groups excluding tert-OH is 1. The second-order valence-corrected chi connectivity index (χ2v) is 4.51. The molecule has 1 saturated heterocycles. The molecule has 5 heteroatoms. The fourth-order valence-corrected chi connectivity index (χ4v) is 2.33. The van der Waals surface area contributed by atoms with Gasteiger partial charge in [0.15, 0.2) is 0 Å². The zero-order valence-electron chi connectivity index (χ0n) is 9.44. The van der Waals surface area contributed by atoms with Crippen LogP contribution in [0.25, 0.3) is 0 Å². The molecule has 17 heavy (non-hydrogen) atoms. The maximum Gasteiger partial charge on any atom is 0.322 e. The second-order valence-electron chi connectivity index (χ2n) is 4.51. The number of β-amino-alcohol motifs (C(OH)–C–C–N with tert-alkyl or cyclic N) is 1. The molecule has 0 spiro atoms. The first kappa shape index (κ1) is 10.6. The summed E-state index contributed by atoms with van der Waals surface area (Å²) in [4.78, 5) is 13.3. The molecule has 0 saturated carbocycles. The monoisotopic (exact) mass is 233 g/mol. The van der Waals surface area contributed by atoms with Crippen LogP contribution in [-0.4, -0.2) is 30.3 Å². The summed E-state index contributed by atoms with van der Waals surface area (Å²) in [5.74, 6) is 0. The lowest BCUT2D eigenvalue weighted by Gasteiger charge is -2.31. The van der Waals surface area contributed by atoms with Crippen LogP contribution >= 0.6 is 0 Å². The van der Waals surface area contributed by atoms with Gasteiger partial charge in [-0.1, -0.05) is 6.07 Å². The average molecular weight is 233 g/mol. The van der Waals surface area contributed by atoms with Crippen molar-refractivity contribution in [2.24, 2.45) is 0 Å². The highest BCUT2D eigenvalue weighted by Gasteiger charge is 2.25. The Morgan fingerprint density at radius 1 is 1.29 bits per heavy atom. The lowest BCUT2D eigenvalue weighted by atomic mass is 10.1. The first-order valence-corrected chi connectivity index (χ1v) is 5.80. The van der Waals surface area contributed by atoms with Gasteiger partial charge in [-0.2, -0.15) is 0 Å². The lowest BCUT2D eigenvalue weighted by molar-refractivity contribution is 0.162. The highest BCUT2D eigenvalue weighted by molar-refractivity contribution is 5.93. The molecule has 1 aromatic rings. The minimum atomic E-state index is -0.501. The molecule has 5 nitrogen and oxygen atoms in total. The Bertz CT molecular complexity index is 461. The van der Waals surface area contributed by atoms with Crippen LogP contribution in [-0.2, 0) is 13.1 Å². The molecule has 3 N–H and O–H groups in total. The number of hydrogen-bond donors (Lipinski definition) is 3. The number of urea groups is 1. The second kappa shape index (κ2) is 4.01. The van der Waals surface area contributed by atoms with Crippen molar-refractivity contribution in [1.82, 2.24) is 10.6 Å². The Kier molecular flexibility index (Phi) is 2.49.